The van der Waals surface area contributed by atoms with Crippen molar-refractivity contribution in [3.63, 3.8) is 0 Å². The number of aromatic nitrogens is 1. The normalized spacial score (nSPS) is 10.8. The standard InChI is InChI=1S/C19H19BrN2OS2/c1-22(9-5-8-14-6-3-2-4-7-14)18(23)11-16-13-25-19(21-16)17-10-15(20)12-24-17/h2-4,6-7,10,12-13H,5,8-9,11H2,1H3. The zero-order valence-corrected chi connectivity index (χ0v) is 17.2. The molecule has 0 bridgehead atoms. The second-order valence-corrected chi connectivity index (χ2v) is 8.54. The van der Waals surface area contributed by atoms with Gasteiger partial charge >= 0.3 is 0 Å². The number of nitrogens with zero attached hydrogens (tertiary/aromatic N) is 2. The summed E-state index contributed by atoms with van der Waals surface area (Å²) in [6.07, 6.45) is 2.33. The average Bonchev–Trinajstić information content (AvgIpc) is 3.24. The lowest BCUT2D eigenvalue weighted by molar-refractivity contribution is -0.129. The first kappa shape index (κ1) is 18.3. The highest BCUT2D eigenvalue weighted by atomic mass is 79.9. The van der Waals surface area contributed by atoms with Crippen LogP contribution < -0.4 is 0 Å². The predicted octanol–water partition coefficient (Wildman–Crippen LogP) is 5.27. The highest BCUT2D eigenvalue weighted by Crippen LogP contribution is 2.32. The third-order valence-corrected chi connectivity index (χ3v) is 6.64. The average molecular weight is 435 g/mol. The van der Waals surface area contributed by atoms with Gasteiger partial charge in [-0.05, 0) is 40.4 Å². The summed E-state index contributed by atoms with van der Waals surface area (Å²) in [6.45, 7) is 0.766. The van der Waals surface area contributed by atoms with E-state index in [1.807, 2.05) is 28.8 Å². The van der Waals surface area contributed by atoms with Gasteiger partial charge in [-0.25, -0.2) is 4.98 Å². The van der Waals surface area contributed by atoms with Crippen LogP contribution in [0.2, 0.25) is 0 Å². The minimum atomic E-state index is 0.122. The van der Waals surface area contributed by atoms with Crippen LogP contribution in [0.15, 0.2) is 51.6 Å². The summed E-state index contributed by atoms with van der Waals surface area (Å²) in [4.78, 5) is 19.9. The Morgan fingerprint density at radius 1 is 1.20 bits per heavy atom. The molecular formula is C19H19BrN2OS2. The van der Waals surface area contributed by atoms with Crippen LogP contribution in [0.25, 0.3) is 9.88 Å². The Bertz CT molecular complexity index is 829. The van der Waals surface area contributed by atoms with Gasteiger partial charge in [-0.2, -0.15) is 0 Å². The van der Waals surface area contributed by atoms with Gasteiger partial charge in [0.25, 0.3) is 0 Å². The van der Waals surface area contributed by atoms with E-state index in [-0.39, 0.29) is 5.91 Å². The predicted molar refractivity (Wildman–Crippen MR) is 109 cm³/mol. The second-order valence-electron chi connectivity index (χ2n) is 5.85. The van der Waals surface area contributed by atoms with Crippen LogP contribution in [0.5, 0.6) is 0 Å². The molecule has 3 rings (SSSR count). The third-order valence-electron chi connectivity index (χ3n) is 3.89. The molecule has 0 unspecified atom stereocenters. The molecule has 25 heavy (non-hydrogen) atoms. The number of hydrogen-bond acceptors (Lipinski definition) is 4. The van der Waals surface area contributed by atoms with Gasteiger partial charge in [0.05, 0.1) is 17.0 Å². The van der Waals surface area contributed by atoms with Gasteiger partial charge in [-0.15, -0.1) is 22.7 Å². The van der Waals surface area contributed by atoms with Gasteiger partial charge in [0.2, 0.25) is 5.91 Å². The van der Waals surface area contributed by atoms with Crippen molar-refractivity contribution < 1.29 is 4.79 Å². The second kappa shape index (κ2) is 8.74. The summed E-state index contributed by atoms with van der Waals surface area (Å²) >= 11 is 6.71. The third kappa shape index (κ3) is 5.23. The fourth-order valence-electron chi connectivity index (χ4n) is 2.51. The SMILES string of the molecule is CN(CCCc1ccccc1)C(=O)Cc1csc(-c2cc(Br)cs2)n1. The molecule has 0 aliphatic rings. The number of thiophene rings is 1. The number of hydrogen-bond donors (Lipinski definition) is 0. The van der Waals surface area contributed by atoms with E-state index in [0.29, 0.717) is 6.42 Å². The first-order chi connectivity index (χ1) is 12.1. The number of thiazole rings is 1. The Labute approximate surface area is 164 Å². The fourth-order valence-corrected chi connectivity index (χ4v) is 4.83. The fraction of sp³-hybridized carbons (Fsp3) is 0.263. The van der Waals surface area contributed by atoms with E-state index in [2.05, 4.69) is 51.2 Å². The molecule has 0 saturated heterocycles. The highest BCUT2D eigenvalue weighted by molar-refractivity contribution is 9.10. The van der Waals surface area contributed by atoms with Crippen LogP contribution in [-0.4, -0.2) is 29.4 Å². The first-order valence-electron chi connectivity index (χ1n) is 8.08. The highest BCUT2D eigenvalue weighted by Gasteiger charge is 2.13. The monoisotopic (exact) mass is 434 g/mol. The minimum absolute atomic E-state index is 0.122. The van der Waals surface area contributed by atoms with E-state index in [0.717, 1.165) is 39.4 Å². The summed E-state index contributed by atoms with van der Waals surface area (Å²) in [5.74, 6) is 0.122. The van der Waals surface area contributed by atoms with Crippen molar-refractivity contribution in [1.29, 1.82) is 0 Å². The lowest BCUT2D eigenvalue weighted by Crippen LogP contribution is -2.29. The molecule has 0 atom stereocenters. The van der Waals surface area contributed by atoms with Crippen molar-refractivity contribution in [2.24, 2.45) is 0 Å². The van der Waals surface area contributed by atoms with E-state index in [1.165, 1.54) is 5.56 Å². The lowest BCUT2D eigenvalue weighted by atomic mass is 10.1. The zero-order chi connectivity index (χ0) is 17.6. The number of benzene rings is 1. The molecule has 0 aliphatic carbocycles. The van der Waals surface area contributed by atoms with Crippen LogP contribution in [0.3, 0.4) is 0 Å². The van der Waals surface area contributed by atoms with Crippen molar-refractivity contribution in [2.45, 2.75) is 19.3 Å². The van der Waals surface area contributed by atoms with Crippen LogP contribution in [-0.2, 0) is 17.6 Å². The van der Waals surface area contributed by atoms with Crippen LogP contribution in [0.1, 0.15) is 17.7 Å². The van der Waals surface area contributed by atoms with E-state index in [1.54, 1.807) is 22.7 Å². The minimum Gasteiger partial charge on any atom is -0.345 e. The number of carbonyl (C=O) groups is 1. The molecule has 3 nitrogen and oxygen atoms in total. The maximum atomic E-state index is 12.4. The molecule has 130 valence electrons. The number of rotatable bonds is 7. The van der Waals surface area contributed by atoms with Crippen molar-refractivity contribution in [3.05, 3.63) is 62.9 Å². The van der Waals surface area contributed by atoms with Gasteiger partial charge < -0.3 is 4.90 Å². The molecule has 0 saturated carbocycles. The summed E-state index contributed by atoms with van der Waals surface area (Å²) < 4.78 is 1.07. The van der Waals surface area contributed by atoms with Crippen molar-refractivity contribution in [3.8, 4) is 9.88 Å². The van der Waals surface area contributed by atoms with Crippen LogP contribution in [0.4, 0.5) is 0 Å². The molecule has 0 fully saturated rings. The molecule has 3 aromatic rings. The summed E-state index contributed by atoms with van der Waals surface area (Å²) in [5.41, 5.74) is 2.17. The number of likely N-dealkylation sites (N-methyl/N-ethyl adjacent to an activating group) is 1. The molecule has 0 aliphatic heterocycles. The Kier molecular flexibility index (Phi) is 6.39. The molecule has 0 spiro atoms. The van der Waals surface area contributed by atoms with E-state index < -0.39 is 0 Å². The topological polar surface area (TPSA) is 33.2 Å². The molecular weight excluding hydrogens is 416 g/mol. The smallest absolute Gasteiger partial charge is 0.228 e. The molecule has 0 radical (unpaired) electrons. The van der Waals surface area contributed by atoms with Gasteiger partial charge in [0, 0.05) is 28.8 Å². The lowest BCUT2D eigenvalue weighted by Gasteiger charge is -2.16. The van der Waals surface area contributed by atoms with E-state index in [9.17, 15) is 4.79 Å². The maximum Gasteiger partial charge on any atom is 0.228 e. The summed E-state index contributed by atoms with van der Waals surface area (Å²) in [7, 11) is 1.87. The van der Waals surface area contributed by atoms with Crippen LogP contribution in [0, 0.1) is 0 Å². The van der Waals surface area contributed by atoms with Crippen molar-refractivity contribution >= 4 is 44.5 Å². The Morgan fingerprint density at radius 3 is 2.72 bits per heavy atom. The molecule has 0 N–H and O–H groups in total. The van der Waals surface area contributed by atoms with E-state index in [4.69, 9.17) is 0 Å². The zero-order valence-electron chi connectivity index (χ0n) is 13.9. The number of amides is 1. The Hall–Kier alpha value is -1.50. The number of carbonyl (C=O) groups excluding carboxylic acids is 1. The van der Waals surface area contributed by atoms with Gasteiger partial charge in [-0.3, -0.25) is 4.79 Å². The molecule has 2 heterocycles. The quantitative estimate of drug-likeness (QED) is 0.507. The number of halogens is 1. The largest absolute Gasteiger partial charge is 0.345 e. The summed E-state index contributed by atoms with van der Waals surface area (Å²) in [6, 6.07) is 12.4. The first-order valence-corrected chi connectivity index (χ1v) is 10.6. The van der Waals surface area contributed by atoms with Crippen LogP contribution >= 0.6 is 38.6 Å². The maximum absolute atomic E-state index is 12.4. The van der Waals surface area contributed by atoms with Crippen molar-refractivity contribution in [2.75, 3.05) is 13.6 Å². The van der Waals surface area contributed by atoms with Gasteiger partial charge in [-0.1, -0.05) is 30.3 Å². The van der Waals surface area contributed by atoms with E-state index >= 15 is 0 Å². The summed E-state index contributed by atoms with van der Waals surface area (Å²) in [5, 5.41) is 5.01. The number of aryl methyl sites for hydroxylation is 1. The molecule has 2 aromatic heterocycles. The van der Waals surface area contributed by atoms with Gasteiger partial charge in [0.15, 0.2) is 0 Å². The Balaban J connectivity index is 1.49. The molecule has 1 amide bonds. The van der Waals surface area contributed by atoms with Crippen molar-refractivity contribution in [1.82, 2.24) is 9.88 Å². The van der Waals surface area contributed by atoms with Gasteiger partial charge in [0.1, 0.15) is 5.01 Å². The molecule has 6 heteroatoms. The Morgan fingerprint density at radius 2 is 2.00 bits per heavy atom. The molecule has 1 aromatic carbocycles.